The molecular weight excluding hydrogens is 110 g/mol. The molecule has 0 bridgehead atoms. The van der Waals surface area contributed by atoms with E-state index in [0.29, 0.717) is 0 Å². The zero-order chi connectivity index (χ0) is 7.28. The van der Waals surface area contributed by atoms with Crippen molar-refractivity contribution in [2.75, 3.05) is 0 Å². The molecule has 0 aliphatic heterocycles. The lowest BCUT2D eigenvalue weighted by Crippen LogP contribution is -2.19. The Hall–Kier alpha value is -0.560. The lowest BCUT2D eigenvalue weighted by Gasteiger charge is -2.06. The third-order valence-corrected chi connectivity index (χ3v) is 1.30. The van der Waals surface area contributed by atoms with Crippen molar-refractivity contribution in [3.05, 3.63) is 24.3 Å². The van der Waals surface area contributed by atoms with Gasteiger partial charge in [0.2, 0.25) is 0 Å². The molecular formula is C8H15N. The van der Waals surface area contributed by atoms with Gasteiger partial charge in [-0.05, 0) is 18.9 Å². The van der Waals surface area contributed by atoms with Crippen LogP contribution in [-0.2, 0) is 0 Å². The second-order valence-corrected chi connectivity index (χ2v) is 2.09. The van der Waals surface area contributed by atoms with Crippen molar-refractivity contribution < 1.29 is 0 Å². The van der Waals surface area contributed by atoms with Crippen LogP contribution in [0.15, 0.2) is 24.3 Å². The van der Waals surface area contributed by atoms with E-state index in [0.717, 1.165) is 12.0 Å². The van der Waals surface area contributed by atoms with Crippen LogP contribution >= 0.6 is 0 Å². The number of rotatable bonds is 3. The molecule has 1 nitrogen and oxygen atoms in total. The van der Waals surface area contributed by atoms with Gasteiger partial charge in [-0.25, -0.2) is 0 Å². The van der Waals surface area contributed by atoms with E-state index in [2.05, 4.69) is 13.5 Å². The predicted octanol–water partition coefficient (Wildman–Crippen LogP) is 1.86. The van der Waals surface area contributed by atoms with Crippen molar-refractivity contribution in [2.24, 2.45) is 5.73 Å². The van der Waals surface area contributed by atoms with Crippen LogP contribution in [-0.4, -0.2) is 6.04 Å². The Morgan fingerprint density at radius 3 is 2.67 bits per heavy atom. The van der Waals surface area contributed by atoms with Crippen molar-refractivity contribution in [1.29, 1.82) is 0 Å². The lowest BCUT2D eigenvalue weighted by atomic mass is 10.1. The summed E-state index contributed by atoms with van der Waals surface area (Å²) in [7, 11) is 0. The van der Waals surface area contributed by atoms with Crippen LogP contribution in [0.25, 0.3) is 0 Å². The maximum Gasteiger partial charge on any atom is 0.0286 e. The Morgan fingerprint density at radius 1 is 1.78 bits per heavy atom. The van der Waals surface area contributed by atoms with Crippen LogP contribution in [0.2, 0.25) is 0 Å². The first kappa shape index (κ1) is 8.44. The summed E-state index contributed by atoms with van der Waals surface area (Å²) in [5.41, 5.74) is 6.67. The maximum atomic E-state index is 5.65. The fourth-order valence-corrected chi connectivity index (χ4v) is 0.600. The van der Waals surface area contributed by atoms with Crippen LogP contribution in [0.4, 0.5) is 0 Å². The number of allylic oxidation sites excluding steroid dienone is 1. The summed E-state index contributed by atoms with van der Waals surface area (Å²) in [6.07, 6.45) is 4.87. The number of nitrogens with two attached hydrogens (primary N) is 1. The van der Waals surface area contributed by atoms with Gasteiger partial charge in [-0.3, -0.25) is 0 Å². The van der Waals surface area contributed by atoms with E-state index in [4.69, 9.17) is 5.73 Å². The highest BCUT2D eigenvalue weighted by Gasteiger charge is 1.97. The molecule has 0 amide bonds. The molecule has 0 heterocycles. The molecule has 0 fully saturated rings. The minimum absolute atomic E-state index is 0.140. The zero-order valence-electron chi connectivity index (χ0n) is 6.22. The van der Waals surface area contributed by atoms with Gasteiger partial charge >= 0.3 is 0 Å². The average Bonchev–Trinajstić information content (AvgIpc) is 1.87. The molecule has 0 rings (SSSR count). The largest absolute Gasteiger partial charge is 0.324 e. The maximum absolute atomic E-state index is 5.65. The van der Waals surface area contributed by atoms with Gasteiger partial charge < -0.3 is 5.73 Å². The van der Waals surface area contributed by atoms with Crippen LogP contribution in [0.5, 0.6) is 0 Å². The van der Waals surface area contributed by atoms with E-state index < -0.39 is 0 Å². The predicted molar refractivity (Wildman–Crippen MR) is 42.2 cm³/mol. The molecule has 52 valence electrons. The highest BCUT2D eigenvalue weighted by Crippen LogP contribution is 2.01. The van der Waals surface area contributed by atoms with Gasteiger partial charge in [-0.2, -0.15) is 0 Å². The molecule has 0 radical (unpaired) electrons. The normalized spacial score (nSPS) is 14.1. The molecule has 0 aliphatic carbocycles. The lowest BCUT2D eigenvalue weighted by molar-refractivity contribution is 0.757. The van der Waals surface area contributed by atoms with Crippen LogP contribution in [0.1, 0.15) is 20.3 Å². The second kappa shape index (κ2) is 4.33. The summed E-state index contributed by atoms with van der Waals surface area (Å²) in [5, 5.41) is 0. The van der Waals surface area contributed by atoms with Crippen LogP contribution < -0.4 is 5.73 Å². The Morgan fingerprint density at radius 2 is 2.33 bits per heavy atom. The van der Waals surface area contributed by atoms with E-state index in [9.17, 15) is 0 Å². The Kier molecular flexibility index (Phi) is 4.06. The fraction of sp³-hybridized carbons (Fsp3) is 0.500. The first-order valence-electron chi connectivity index (χ1n) is 3.29. The van der Waals surface area contributed by atoms with Crippen molar-refractivity contribution in [3.63, 3.8) is 0 Å². The topological polar surface area (TPSA) is 26.0 Å². The van der Waals surface area contributed by atoms with Gasteiger partial charge in [0.1, 0.15) is 0 Å². The van der Waals surface area contributed by atoms with Crippen LogP contribution in [0.3, 0.4) is 0 Å². The molecule has 1 heteroatoms. The molecule has 0 aromatic rings. The summed E-state index contributed by atoms with van der Waals surface area (Å²) in [4.78, 5) is 0. The van der Waals surface area contributed by atoms with Gasteiger partial charge in [0.05, 0.1) is 0 Å². The van der Waals surface area contributed by atoms with Crippen molar-refractivity contribution >= 4 is 0 Å². The Balaban J connectivity index is 3.73. The SMILES string of the molecule is C=C(/C=C\C)C(N)CC. The fourth-order valence-electron chi connectivity index (χ4n) is 0.600. The zero-order valence-corrected chi connectivity index (χ0v) is 6.22. The molecule has 0 spiro atoms. The van der Waals surface area contributed by atoms with Crippen molar-refractivity contribution in [1.82, 2.24) is 0 Å². The van der Waals surface area contributed by atoms with Gasteiger partial charge in [-0.15, -0.1) is 0 Å². The van der Waals surface area contributed by atoms with Gasteiger partial charge in [-0.1, -0.05) is 25.7 Å². The first-order valence-corrected chi connectivity index (χ1v) is 3.29. The van der Waals surface area contributed by atoms with E-state index in [1.807, 2.05) is 19.1 Å². The van der Waals surface area contributed by atoms with Gasteiger partial charge in [0.15, 0.2) is 0 Å². The van der Waals surface area contributed by atoms with Crippen molar-refractivity contribution in [2.45, 2.75) is 26.3 Å². The highest BCUT2D eigenvalue weighted by molar-refractivity contribution is 5.19. The minimum atomic E-state index is 0.140. The summed E-state index contributed by atoms with van der Waals surface area (Å²) in [5.74, 6) is 0. The summed E-state index contributed by atoms with van der Waals surface area (Å²) in [6, 6.07) is 0.140. The molecule has 0 saturated heterocycles. The molecule has 9 heavy (non-hydrogen) atoms. The minimum Gasteiger partial charge on any atom is -0.324 e. The number of hydrogen-bond donors (Lipinski definition) is 1. The average molecular weight is 125 g/mol. The third-order valence-electron chi connectivity index (χ3n) is 1.30. The van der Waals surface area contributed by atoms with Crippen LogP contribution in [0, 0.1) is 0 Å². The molecule has 0 aliphatic rings. The molecule has 1 atom stereocenters. The Bertz CT molecular complexity index is 114. The highest BCUT2D eigenvalue weighted by atomic mass is 14.6. The molecule has 0 aromatic carbocycles. The molecule has 2 N–H and O–H groups in total. The summed E-state index contributed by atoms with van der Waals surface area (Å²) >= 11 is 0. The van der Waals surface area contributed by atoms with E-state index >= 15 is 0 Å². The van der Waals surface area contributed by atoms with E-state index in [1.54, 1.807) is 0 Å². The molecule has 0 aromatic heterocycles. The standard InChI is InChI=1S/C8H15N/c1-4-6-7(3)8(9)5-2/h4,6,8H,3,5,9H2,1-2H3/b6-4-. The Labute approximate surface area is 57.3 Å². The van der Waals surface area contributed by atoms with Crippen molar-refractivity contribution in [3.8, 4) is 0 Å². The second-order valence-electron chi connectivity index (χ2n) is 2.09. The molecule has 1 unspecified atom stereocenters. The van der Waals surface area contributed by atoms with Gasteiger partial charge in [0.25, 0.3) is 0 Å². The summed E-state index contributed by atoms with van der Waals surface area (Å²) < 4.78 is 0. The first-order chi connectivity index (χ1) is 4.22. The molecule has 0 saturated carbocycles. The smallest absolute Gasteiger partial charge is 0.0286 e. The number of hydrogen-bond acceptors (Lipinski definition) is 1. The monoisotopic (exact) mass is 125 g/mol. The van der Waals surface area contributed by atoms with E-state index in [1.165, 1.54) is 0 Å². The van der Waals surface area contributed by atoms with E-state index in [-0.39, 0.29) is 6.04 Å². The summed E-state index contributed by atoms with van der Waals surface area (Å²) in [6.45, 7) is 7.82. The quantitative estimate of drug-likeness (QED) is 0.572. The van der Waals surface area contributed by atoms with Gasteiger partial charge in [0, 0.05) is 6.04 Å². The third kappa shape index (κ3) is 3.09.